The molecule has 6 nitrogen and oxygen atoms in total. The van der Waals surface area contributed by atoms with Gasteiger partial charge >= 0.3 is 0 Å². The van der Waals surface area contributed by atoms with Crippen LogP contribution in [0.3, 0.4) is 0 Å². The van der Waals surface area contributed by atoms with E-state index in [-0.39, 0.29) is 5.56 Å². The van der Waals surface area contributed by atoms with Gasteiger partial charge in [-0.05, 0) is 48.9 Å². The summed E-state index contributed by atoms with van der Waals surface area (Å²) in [7, 11) is 0. The lowest BCUT2D eigenvalue weighted by Gasteiger charge is -2.09. The third-order valence-corrected chi connectivity index (χ3v) is 6.23. The molecule has 0 saturated carbocycles. The predicted molar refractivity (Wildman–Crippen MR) is 113 cm³/mol. The lowest BCUT2D eigenvalue weighted by atomic mass is 10.1. The zero-order valence-electron chi connectivity index (χ0n) is 15.1. The largest absolute Gasteiger partial charge is 0.290 e. The molecule has 0 unspecified atom stereocenters. The van der Waals surface area contributed by atoms with Crippen molar-refractivity contribution >= 4 is 33.7 Å². The molecule has 0 spiro atoms. The Labute approximate surface area is 168 Å². The SMILES string of the molecule is Cc1cc(C)n(-c2nc3nc(-c4cccs4)cc(-c4cccs4)c3c(=O)[nH]2)n1. The number of rotatable bonds is 3. The van der Waals surface area contributed by atoms with Crippen molar-refractivity contribution < 1.29 is 0 Å². The number of aromatic amines is 1. The number of aryl methyl sites for hydroxylation is 2. The molecule has 8 heteroatoms. The third kappa shape index (κ3) is 2.78. The van der Waals surface area contributed by atoms with Crippen LogP contribution in [0.4, 0.5) is 0 Å². The predicted octanol–water partition coefficient (Wildman–Crippen LogP) is 4.58. The van der Waals surface area contributed by atoms with E-state index >= 15 is 0 Å². The average molecular weight is 406 g/mol. The summed E-state index contributed by atoms with van der Waals surface area (Å²) in [6.07, 6.45) is 0. The minimum Gasteiger partial charge on any atom is -0.290 e. The number of fused-ring (bicyclic) bond motifs is 1. The molecule has 0 aliphatic rings. The Hall–Kier alpha value is -3.10. The number of thiophene rings is 2. The Morgan fingerprint density at radius 1 is 1.00 bits per heavy atom. The molecule has 0 aromatic carbocycles. The highest BCUT2D eigenvalue weighted by atomic mass is 32.1. The Balaban J connectivity index is 1.84. The summed E-state index contributed by atoms with van der Waals surface area (Å²) in [4.78, 5) is 27.3. The second kappa shape index (κ2) is 6.50. The molecule has 5 rings (SSSR count). The number of aromatic nitrogens is 5. The lowest BCUT2D eigenvalue weighted by Crippen LogP contribution is -2.16. The van der Waals surface area contributed by atoms with Crippen LogP contribution in [0.25, 0.3) is 38.0 Å². The van der Waals surface area contributed by atoms with Crippen molar-refractivity contribution in [1.82, 2.24) is 24.7 Å². The molecule has 0 bridgehead atoms. The standard InChI is InChI=1S/C20H15N5OS2/c1-11-9-12(2)25(24-11)20-22-18-17(19(26)23-20)13(15-5-3-7-27-15)10-14(21-18)16-6-4-8-28-16/h3-10H,1-2H3,(H,21,22,23,26). The Kier molecular flexibility index (Phi) is 3.96. The molecule has 28 heavy (non-hydrogen) atoms. The highest BCUT2D eigenvalue weighted by Crippen LogP contribution is 2.33. The Morgan fingerprint density at radius 3 is 2.39 bits per heavy atom. The first-order valence-corrected chi connectivity index (χ1v) is 10.4. The molecule has 138 valence electrons. The van der Waals surface area contributed by atoms with Crippen molar-refractivity contribution in [3.8, 4) is 27.0 Å². The van der Waals surface area contributed by atoms with Crippen LogP contribution < -0.4 is 5.56 Å². The third-order valence-electron chi connectivity index (χ3n) is 4.44. The van der Waals surface area contributed by atoms with Crippen LogP contribution in [-0.4, -0.2) is 24.7 Å². The van der Waals surface area contributed by atoms with Crippen LogP contribution in [0.15, 0.2) is 52.0 Å². The first-order chi connectivity index (χ1) is 13.6. The van der Waals surface area contributed by atoms with E-state index in [1.54, 1.807) is 27.4 Å². The molecule has 0 saturated heterocycles. The number of hydrogen-bond donors (Lipinski definition) is 1. The van der Waals surface area contributed by atoms with Crippen LogP contribution in [0, 0.1) is 13.8 Å². The van der Waals surface area contributed by atoms with E-state index in [0.717, 1.165) is 32.4 Å². The van der Waals surface area contributed by atoms with Crippen LogP contribution in [0.2, 0.25) is 0 Å². The van der Waals surface area contributed by atoms with E-state index in [0.29, 0.717) is 17.0 Å². The minimum absolute atomic E-state index is 0.221. The quantitative estimate of drug-likeness (QED) is 0.477. The highest BCUT2D eigenvalue weighted by molar-refractivity contribution is 7.14. The summed E-state index contributed by atoms with van der Waals surface area (Å²) in [5.74, 6) is 0.371. The molecule has 0 atom stereocenters. The maximum Gasteiger partial charge on any atom is 0.262 e. The molecular formula is C20H15N5OS2. The second-order valence-electron chi connectivity index (χ2n) is 6.44. The highest BCUT2D eigenvalue weighted by Gasteiger charge is 2.17. The summed E-state index contributed by atoms with van der Waals surface area (Å²) in [5, 5.41) is 8.94. The fourth-order valence-corrected chi connectivity index (χ4v) is 4.68. The van der Waals surface area contributed by atoms with Crippen molar-refractivity contribution in [3.63, 3.8) is 0 Å². The summed E-state index contributed by atoms with van der Waals surface area (Å²) in [5.41, 5.74) is 3.61. The maximum atomic E-state index is 13.0. The molecule has 1 N–H and O–H groups in total. The van der Waals surface area contributed by atoms with Gasteiger partial charge in [0.05, 0.1) is 21.7 Å². The zero-order chi connectivity index (χ0) is 19.3. The van der Waals surface area contributed by atoms with Gasteiger partial charge in [-0.1, -0.05) is 12.1 Å². The van der Waals surface area contributed by atoms with Crippen LogP contribution in [0.1, 0.15) is 11.4 Å². The Morgan fingerprint density at radius 2 is 1.75 bits per heavy atom. The van der Waals surface area contributed by atoms with E-state index in [1.807, 2.05) is 61.0 Å². The van der Waals surface area contributed by atoms with Gasteiger partial charge in [0, 0.05) is 16.1 Å². The molecule has 0 amide bonds. The van der Waals surface area contributed by atoms with Gasteiger partial charge in [-0.2, -0.15) is 10.1 Å². The van der Waals surface area contributed by atoms with E-state index in [4.69, 9.17) is 4.98 Å². The number of nitrogens with one attached hydrogen (secondary N) is 1. The first kappa shape index (κ1) is 17.0. The first-order valence-electron chi connectivity index (χ1n) is 8.66. The van der Waals surface area contributed by atoms with Gasteiger partial charge in [0.2, 0.25) is 5.95 Å². The average Bonchev–Trinajstić information content (AvgIpc) is 3.43. The lowest BCUT2D eigenvalue weighted by molar-refractivity contribution is 0.774. The molecule has 5 aromatic rings. The maximum absolute atomic E-state index is 13.0. The number of H-pyrrole nitrogens is 1. The zero-order valence-corrected chi connectivity index (χ0v) is 16.8. The van der Waals surface area contributed by atoms with Crippen LogP contribution >= 0.6 is 22.7 Å². The van der Waals surface area contributed by atoms with Gasteiger partial charge in [0.15, 0.2) is 5.65 Å². The fourth-order valence-electron chi connectivity index (χ4n) is 3.25. The summed E-state index contributed by atoms with van der Waals surface area (Å²) in [6.45, 7) is 3.83. The topological polar surface area (TPSA) is 76.5 Å². The van der Waals surface area contributed by atoms with Crippen LogP contribution in [-0.2, 0) is 0 Å². The summed E-state index contributed by atoms with van der Waals surface area (Å²) in [6, 6.07) is 11.9. The molecule has 5 heterocycles. The van der Waals surface area contributed by atoms with Gasteiger partial charge in [0.1, 0.15) is 0 Å². The van der Waals surface area contributed by atoms with Gasteiger partial charge in [-0.25, -0.2) is 9.67 Å². The van der Waals surface area contributed by atoms with Crippen molar-refractivity contribution in [2.24, 2.45) is 0 Å². The number of nitrogens with zero attached hydrogens (tertiary/aromatic N) is 4. The Bertz CT molecular complexity index is 1350. The molecule has 0 radical (unpaired) electrons. The van der Waals surface area contributed by atoms with E-state index in [9.17, 15) is 4.79 Å². The van der Waals surface area contributed by atoms with Crippen molar-refractivity contribution in [3.05, 3.63) is 68.9 Å². The molecule has 0 aliphatic heterocycles. The molecular weight excluding hydrogens is 390 g/mol. The van der Waals surface area contributed by atoms with Crippen LogP contribution in [0.5, 0.6) is 0 Å². The molecule has 0 aliphatic carbocycles. The molecule has 0 fully saturated rings. The monoisotopic (exact) mass is 405 g/mol. The van der Waals surface area contributed by atoms with Gasteiger partial charge in [0.25, 0.3) is 5.56 Å². The summed E-state index contributed by atoms with van der Waals surface area (Å²) < 4.78 is 1.64. The second-order valence-corrected chi connectivity index (χ2v) is 8.33. The van der Waals surface area contributed by atoms with Gasteiger partial charge in [-0.15, -0.1) is 22.7 Å². The van der Waals surface area contributed by atoms with E-state index < -0.39 is 0 Å². The van der Waals surface area contributed by atoms with E-state index in [2.05, 4.69) is 15.1 Å². The van der Waals surface area contributed by atoms with Gasteiger partial charge < -0.3 is 0 Å². The van der Waals surface area contributed by atoms with Crippen molar-refractivity contribution in [2.45, 2.75) is 13.8 Å². The van der Waals surface area contributed by atoms with E-state index in [1.165, 1.54) is 0 Å². The van der Waals surface area contributed by atoms with Gasteiger partial charge in [-0.3, -0.25) is 9.78 Å². The van der Waals surface area contributed by atoms with Crippen molar-refractivity contribution in [2.75, 3.05) is 0 Å². The summed E-state index contributed by atoms with van der Waals surface area (Å²) >= 11 is 3.20. The number of pyridine rings is 1. The number of hydrogen-bond acceptors (Lipinski definition) is 6. The van der Waals surface area contributed by atoms with Crippen molar-refractivity contribution in [1.29, 1.82) is 0 Å². The smallest absolute Gasteiger partial charge is 0.262 e. The normalized spacial score (nSPS) is 11.4. The fraction of sp³-hybridized carbons (Fsp3) is 0.100. The minimum atomic E-state index is -0.221. The molecule has 5 aromatic heterocycles.